The van der Waals surface area contributed by atoms with Crippen LogP contribution in [0.2, 0.25) is 0 Å². The molecule has 0 aromatic heterocycles. The van der Waals surface area contributed by atoms with E-state index in [1.165, 1.54) is 64.2 Å². The van der Waals surface area contributed by atoms with Crippen molar-refractivity contribution in [3.63, 3.8) is 0 Å². The van der Waals surface area contributed by atoms with E-state index in [9.17, 15) is 13.5 Å². The first-order valence-corrected chi connectivity index (χ1v) is 12.7. The number of rotatable bonds is 17. The summed E-state index contributed by atoms with van der Waals surface area (Å²) >= 11 is 0. The molecule has 0 aliphatic rings. The van der Waals surface area contributed by atoms with E-state index < -0.39 is 16.1 Å². The van der Waals surface area contributed by atoms with Crippen LogP contribution in [0.25, 0.3) is 0 Å². The number of unbranched alkanes of at least 4 members (excludes halogenated alkanes) is 11. The predicted octanol–water partition coefficient (Wildman–Crippen LogP) is 5.73. The van der Waals surface area contributed by atoms with Gasteiger partial charge in [-0.3, -0.25) is 0 Å². The summed E-state index contributed by atoms with van der Waals surface area (Å²) in [5, 5.41) is 10.0. The molecule has 1 unspecified atom stereocenters. The lowest BCUT2D eigenvalue weighted by atomic mass is 10.0. The van der Waals surface area contributed by atoms with E-state index in [0.29, 0.717) is 6.42 Å². The van der Waals surface area contributed by atoms with Crippen LogP contribution in [0.4, 0.5) is 0 Å². The molecule has 4 nitrogen and oxygen atoms in total. The molecule has 0 heterocycles. The van der Waals surface area contributed by atoms with E-state index in [0.717, 1.165) is 18.4 Å². The zero-order valence-electron chi connectivity index (χ0n) is 18.0. The molecule has 1 aromatic carbocycles. The highest BCUT2D eigenvalue weighted by Gasteiger charge is 2.15. The van der Waals surface area contributed by atoms with Crippen LogP contribution in [0, 0.1) is 6.92 Å². The molecule has 1 rings (SSSR count). The first-order valence-electron chi connectivity index (χ1n) is 11.2. The Morgan fingerprint density at radius 3 is 1.79 bits per heavy atom. The molecular formula is C23H41NO3S. The van der Waals surface area contributed by atoms with Gasteiger partial charge in [0, 0.05) is 6.54 Å². The van der Waals surface area contributed by atoms with Crippen LogP contribution < -0.4 is 4.72 Å². The second-order valence-electron chi connectivity index (χ2n) is 8.00. The molecule has 1 atom stereocenters. The van der Waals surface area contributed by atoms with Crippen molar-refractivity contribution in [2.75, 3.05) is 6.54 Å². The molecule has 2 N–H and O–H groups in total. The molecule has 0 radical (unpaired) electrons. The molecule has 5 heteroatoms. The smallest absolute Gasteiger partial charge is 0.240 e. The van der Waals surface area contributed by atoms with E-state index in [4.69, 9.17) is 0 Å². The first kappa shape index (κ1) is 25.1. The summed E-state index contributed by atoms with van der Waals surface area (Å²) in [4.78, 5) is 0.246. The molecule has 0 bridgehead atoms. The van der Waals surface area contributed by atoms with Gasteiger partial charge in [0.25, 0.3) is 0 Å². The van der Waals surface area contributed by atoms with Crippen molar-refractivity contribution in [3.05, 3.63) is 29.8 Å². The number of aliphatic hydroxyl groups is 1. The van der Waals surface area contributed by atoms with Gasteiger partial charge in [0.05, 0.1) is 11.0 Å². The number of aliphatic hydroxyl groups excluding tert-OH is 1. The second-order valence-corrected chi connectivity index (χ2v) is 9.76. The Morgan fingerprint density at radius 1 is 0.821 bits per heavy atom. The zero-order valence-corrected chi connectivity index (χ0v) is 18.8. The fourth-order valence-electron chi connectivity index (χ4n) is 3.33. The quantitative estimate of drug-likeness (QED) is 0.322. The van der Waals surface area contributed by atoms with E-state index in [2.05, 4.69) is 11.6 Å². The lowest BCUT2D eigenvalue weighted by Gasteiger charge is -2.12. The van der Waals surface area contributed by atoms with Gasteiger partial charge in [-0.25, -0.2) is 13.1 Å². The minimum absolute atomic E-state index is 0.0776. The maximum atomic E-state index is 12.2. The minimum atomic E-state index is -3.54. The monoisotopic (exact) mass is 411 g/mol. The molecule has 0 spiro atoms. The Balaban J connectivity index is 2.01. The molecule has 28 heavy (non-hydrogen) atoms. The summed E-state index contributed by atoms with van der Waals surface area (Å²) in [6.07, 6.45) is 15.4. The van der Waals surface area contributed by atoms with Gasteiger partial charge in [0.15, 0.2) is 0 Å². The van der Waals surface area contributed by atoms with Crippen molar-refractivity contribution >= 4 is 10.0 Å². The Hall–Kier alpha value is -0.910. The van der Waals surface area contributed by atoms with Gasteiger partial charge in [-0.1, -0.05) is 102 Å². The summed E-state index contributed by atoms with van der Waals surface area (Å²) < 4.78 is 26.9. The van der Waals surface area contributed by atoms with Crippen LogP contribution in [0.1, 0.15) is 96.0 Å². The Labute approximate surface area is 173 Å². The largest absolute Gasteiger partial charge is 0.392 e. The average Bonchev–Trinajstić information content (AvgIpc) is 2.67. The van der Waals surface area contributed by atoms with Gasteiger partial charge < -0.3 is 5.11 Å². The topological polar surface area (TPSA) is 66.4 Å². The van der Waals surface area contributed by atoms with Crippen LogP contribution >= 0.6 is 0 Å². The Bertz CT molecular complexity index is 599. The van der Waals surface area contributed by atoms with Crippen LogP contribution in [-0.4, -0.2) is 26.2 Å². The Kier molecular flexibility index (Phi) is 13.5. The first-order chi connectivity index (χ1) is 13.5. The number of hydrogen-bond donors (Lipinski definition) is 2. The summed E-state index contributed by atoms with van der Waals surface area (Å²) in [5.41, 5.74) is 1.02. The van der Waals surface area contributed by atoms with Crippen molar-refractivity contribution in [2.45, 2.75) is 108 Å². The van der Waals surface area contributed by atoms with Gasteiger partial charge in [0.1, 0.15) is 0 Å². The lowest BCUT2D eigenvalue weighted by Crippen LogP contribution is -2.32. The maximum Gasteiger partial charge on any atom is 0.240 e. The zero-order chi connectivity index (χ0) is 20.7. The van der Waals surface area contributed by atoms with Gasteiger partial charge in [-0.15, -0.1) is 0 Å². The fraction of sp³-hybridized carbons (Fsp3) is 0.739. The molecule has 1 aromatic rings. The molecule has 0 saturated heterocycles. The Morgan fingerprint density at radius 2 is 1.29 bits per heavy atom. The molecule has 0 aliphatic heterocycles. The highest BCUT2D eigenvalue weighted by Crippen LogP contribution is 2.13. The van der Waals surface area contributed by atoms with E-state index in [1.54, 1.807) is 24.3 Å². The fourth-order valence-corrected chi connectivity index (χ4v) is 4.40. The predicted molar refractivity (Wildman–Crippen MR) is 118 cm³/mol. The van der Waals surface area contributed by atoms with Crippen molar-refractivity contribution < 1.29 is 13.5 Å². The number of benzene rings is 1. The summed E-state index contributed by atoms with van der Waals surface area (Å²) in [6, 6.07) is 6.74. The normalized spacial score (nSPS) is 13.0. The van der Waals surface area contributed by atoms with Gasteiger partial charge in [-0.2, -0.15) is 0 Å². The molecule has 0 saturated carbocycles. The van der Waals surface area contributed by atoms with Gasteiger partial charge in [-0.05, 0) is 25.5 Å². The molecule has 0 amide bonds. The van der Waals surface area contributed by atoms with Gasteiger partial charge >= 0.3 is 0 Å². The van der Waals surface area contributed by atoms with Crippen LogP contribution in [-0.2, 0) is 10.0 Å². The number of sulfonamides is 1. The SMILES string of the molecule is CCCCCCCCCCCCCCC(O)CNS(=O)(=O)c1ccc(C)cc1. The third kappa shape index (κ3) is 11.8. The minimum Gasteiger partial charge on any atom is -0.392 e. The molecule has 0 fully saturated rings. The van der Waals surface area contributed by atoms with Crippen LogP contribution in [0.3, 0.4) is 0 Å². The summed E-state index contributed by atoms with van der Waals surface area (Å²) in [7, 11) is -3.54. The van der Waals surface area contributed by atoms with E-state index in [-0.39, 0.29) is 11.4 Å². The maximum absolute atomic E-state index is 12.2. The summed E-state index contributed by atoms with van der Waals surface area (Å²) in [5.74, 6) is 0. The molecular weight excluding hydrogens is 370 g/mol. The van der Waals surface area contributed by atoms with Crippen molar-refractivity contribution in [2.24, 2.45) is 0 Å². The standard InChI is InChI=1S/C23H41NO3S/c1-3-4-5-6-7-8-9-10-11-12-13-14-15-22(25)20-24-28(26,27)23-18-16-21(2)17-19-23/h16-19,22,24-25H,3-15,20H2,1-2H3. The number of hydrogen-bond acceptors (Lipinski definition) is 3. The lowest BCUT2D eigenvalue weighted by molar-refractivity contribution is 0.164. The van der Waals surface area contributed by atoms with Crippen molar-refractivity contribution in [1.82, 2.24) is 4.72 Å². The average molecular weight is 412 g/mol. The van der Waals surface area contributed by atoms with Crippen molar-refractivity contribution in [3.8, 4) is 0 Å². The highest BCUT2D eigenvalue weighted by molar-refractivity contribution is 7.89. The van der Waals surface area contributed by atoms with E-state index >= 15 is 0 Å². The molecule has 0 aliphatic carbocycles. The third-order valence-electron chi connectivity index (χ3n) is 5.23. The number of aryl methyl sites for hydroxylation is 1. The third-order valence-corrected chi connectivity index (χ3v) is 6.67. The summed E-state index contributed by atoms with van der Waals surface area (Å²) in [6.45, 7) is 4.25. The second kappa shape index (κ2) is 15.0. The number of nitrogens with one attached hydrogen (secondary N) is 1. The highest BCUT2D eigenvalue weighted by atomic mass is 32.2. The van der Waals surface area contributed by atoms with Crippen molar-refractivity contribution in [1.29, 1.82) is 0 Å². The van der Waals surface area contributed by atoms with Crippen LogP contribution in [0.5, 0.6) is 0 Å². The van der Waals surface area contributed by atoms with Crippen LogP contribution in [0.15, 0.2) is 29.2 Å². The molecule has 162 valence electrons. The van der Waals surface area contributed by atoms with E-state index in [1.807, 2.05) is 6.92 Å². The van der Waals surface area contributed by atoms with Gasteiger partial charge in [0.2, 0.25) is 10.0 Å².